The topological polar surface area (TPSA) is 24.5 Å². The molecule has 0 saturated carbocycles. The van der Waals surface area contributed by atoms with Gasteiger partial charge in [-0.25, -0.2) is 0 Å². The average Bonchev–Trinajstić information content (AvgIpc) is 2.28. The van der Waals surface area contributed by atoms with Gasteiger partial charge in [0.2, 0.25) is 0 Å². The van der Waals surface area contributed by atoms with Crippen molar-refractivity contribution >= 4 is 15.9 Å². The Kier molecular flexibility index (Phi) is 7.32. The molecule has 1 aromatic rings. The maximum atomic E-state index is 5.69. The zero-order valence-corrected chi connectivity index (χ0v) is 13.0. The molecule has 1 aromatic carbocycles. The van der Waals surface area contributed by atoms with E-state index in [1.165, 1.54) is 0 Å². The van der Waals surface area contributed by atoms with E-state index in [0.717, 1.165) is 29.9 Å². The predicted octanol–water partition coefficient (Wildman–Crippen LogP) is 2.76. The van der Waals surface area contributed by atoms with Crippen LogP contribution in [0.3, 0.4) is 0 Å². The van der Waals surface area contributed by atoms with Crippen LogP contribution >= 0.6 is 15.9 Å². The van der Waals surface area contributed by atoms with E-state index in [0.29, 0.717) is 12.6 Å². The van der Waals surface area contributed by atoms with Crippen LogP contribution < -0.4 is 10.1 Å². The number of nitrogens with zero attached hydrogens (tertiary/aromatic N) is 1. The summed E-state index contributed by atoms with van der Waals surface area (Å²) in [5.74, 6) is 0.915. The Hall–Kier alpha value is -0.580. The van der Waals surface area contributed by atoms with Gasteiger partial charge in [0.15, 0.2) is 0 Å². The number of hydrogen-bond acceptors (Lipinski definition) is 3. The van der Waals surface area contributed by atoms with Crippen molar-refractivity contribution in [1.82, 2.24) is 10.2 Å². The number of rotatable bonds is 8. The van der Waals surface area contributed by atoms with Gasteiger partial charge in [-0.2, -0.15) is 0 Å². The number of ether oxygens (including phenoxy) is 1. The minimum absolute atomic E-state index is 0.552. The van der Waals surface area contributed by atoms with Crippen LogP contribution in [0.2, 0.25) is 0 Å². The van der Waals surface area contributed by atoms with Crippen LogP contribution in [0.5, 0.6) is 5.75 Å². The Morgan fingerprint density at radius 3 is 2.78 bits per heavy atom. The van der Waals surface area contributed by atoms with Crippen molar-refractivity contribution in [3.05, 3.63) is 28.7 Å². The summed E-state index contributed by atoms with van der Waals surface area (Å²) in [6, 6.07) is 8.49. The van der Waals surface area contributed by atoms with Gasteiger partial charge in [0.25, 0.3) is 0 Å². The third-order valence-electron chi connectivity index (χ3n) is 2.58. The maximum Gasteiger partial charge on any atom is 0.120 e. The first kappa shape index (κ1) is 15.5. The minimum Gasteiger partial charge on any atom is -0.492 e. The molecule has 0 radical (unpaired) electrons. The minimum atomic E-state index is 0.552. The SMILES string of the molecule is CC(C)NCCN(C)CCOc1cccc(Br)c1. The zero-order valence-electron chi connectivity index (χ0n) is 11.4. The number of nitrogens with one attached hydrogen (secondary N) is 1. The van der Waals surface area contributed by atoms with Gasteiger partial charge >= 0.3 is 0 Å². The van der Waals surface area contributed by atoms with Gasteiger partial charge in [0, 0.05) is 30.1 Å². The van der Waals surface area contributed by atoms with E-state index in [2.05, 4.69) is 47.0 Å². The van der Waals surface area contributed by atoms with E-state index < -0.39 is 0 Å². The maximum absolute atomic E-state index is 5.69. The molecule has 1 N–H and O–H groups in total. The van der Waals surface area contributed by atoms with E-state index in [-0.39, 0.29) is 0 Å². The Morgan fingerprint density at radius 1 is 1.33 bits per heavy atom. The molecule has 0 spiro atoms. The molecule has 0 heterocycles. The van der Waals surface area contributed by atoms with Crippen LogP contribution in [-0.2, 0) is 0 Å². The molecule has 0 saturated heterocycles. The fourth-order valence-electron chi connectivity index (χ4n) is 1.53. The summed E-state index contributed by atoms with van der Waals surface area (Å²) in [6.45, 7) is 8.04. The fourth-order valence-corrected chi connectivity index (χ4v) is 1.91. The Balaban J connectivity index is 2.13. The van der Waals surface area contributed by atoms with E-state index in [9.17, 15) is 0 Å². The largest absolute Gasteiger partial charge is 0.492 e. The lowest BCUT2D eigenvalue weighted by atomic mass is 10.3. The molecule has 1 rings (SSSR count). The first-order chi connectivity index (χ1) is 8.58. The first-order valence-electron chi connectivity index (χ1n) is 6.38. The lowest BCUT2D eigenvalue weighted by molar-refractivity contribution is 0.236. The fraction of sp³-hybridized carbons (Fsp3) is 0.571. The van der Waals surface area contributed by atoms with Gasteiger partial charge in [0.05, 0.1) is 0 Å². The van der Waals surface area contributed by atoms with Gasteiger partial charge in [-0.1, -0.05) is 35.8 Å². The number of likely N-dealkylation sites (N-methyl/N-ethyl adjacent to an activating group) is 1. The smallest absolute Gasteiger partial charge is 0.120 e. The predicted molar refractivity (Wildman–Crippen MR) is 80.3 cm³/mol. The number of hydrogen-bond donors (Lipinski definition) is 1. The quantitative estimate of drug-likeness (QED) is 0.798. The standard InChI is InChI=1S/C14H23BrN2O/c1-12(2)16-7-8-17(3)9-10-18-14-6-4-5-13(15)11-14/h4-6,11-12,16H,7-10H2,1-3H3. The summed E-state index contributed by atoms with van der Waals surface area (Å²) < 4.78 is 6.74. The lowest BCUT2D eigenvalue weighted by Gasteiger charge is -2.18. The summed E-state index contributed by atoms with van der Waals surface area (Å²) in [6.07, 6.45) is 0. The molecule has 18 heavy (non-hydrogen) atoms. The molecule has 0 aliphatic rings. The van der Waals surface area contributed by atoms with Crippen LogP contribution in [0.1, 0.15) is 13.8 Å². The molecular formula is C14H23BrN2O. The van der Waals surface area contributed by atoms with E-state index in [4.69, 9.17) is 4.74 Å². The second-order valence-electron chi connectivity index (χ2n) is 4.72. The van der Waals surface area contributed by atoms with Crippen molar-refractivity contribution in [3.8, 4) is 5.75 Å². The molecule has 0 amide bonds. The highest BCUT2D eigenvalue weighted by molar-refractivity contribution is 9.10. The van der Waals surface area contributed by atoms with Crippen molar-refractivity contribution < 1.29 is 4.74 Å². The molecule has 0 aromatic heterocycles. The van der Waals surface area contributed by atoms with Crippen LogP contribution in [0.15, 0.2) is 28.7 Å². The van der Waals surface area contributed by atoms with Crippen LogP contribution in [0.25, 0.3) is 0 Å². The second-order valence-corrected chi connectivity index (χ2v) is 5.63. The third-order valence-corrected chi connectivity index (χ3v) is 3.08. The van der Waals surface area contributed by atoms with Crippen molar-refractivity contribution in [2.24, 2.45) is 0 Å². The zero-order chi connectivity index (χ0) is 13.4. The summed E-state index contributed by atoms with van der Waals surface area (Å²) in [4.78, 5) is 2.27. The molecule has 0 aliphatic heterocycles. The Bertz CT molecular complexity index is 344. The van der Waals surface area contributed by atoms with E-state index >= 15 is 0 Å². The Morgan fingerprint density at radius 2 is 2.11 bits per heavy atom. The van der Waals surface area contributed by atoms with E-state index in [1.54, 1.807) is 0 Å². The second kappa shape index (κ2) is 8.51. The lowest BCUT2D eigenvalue weighted by Crippen LogP contribution is -2.34. The van der Waals surface area contributed by atoms with Gasteiger partial charge in [-0.3, -0.25) is 0 Å². The van der Waals surface area contributed by atoms with Gasteiger partial charge in [-0.15, -0.1) is 0 Å². The molecule has 0 fully saturated rings. The summed E-state index contributed by atoms with van der Waals surface area (Å²) >= 11 is 3.43. The van der Waals surface area contributed by atoms with Gasteiger partial charge < -0.3 is 15.0 Å². The molecule has 0 bridgehead atoms. The van der Waals surface area contributed by atoms with Crippen molar-refractivity contribution in [2.75, 3.05) is 33.3 Å². The van der Waals surface area contributed by atoms with Crippen LogP contribution in [-0.4, -0.2) is 44.2 Å². The summed E-state index contributed by atoms with van der Waals surface area (Å²) in [5, 5.41) is 3.40. The third kappa shape index (κ3) is 6.99. The molecule has 4 heteroatoms. The molecule has 0 aliphatic carbocycles. The molecule has 102 valence electrons. The van der Waals surface area contributed by atoms with Gasteiger partial charge in [-0.05, 0) is 25.2 Å². The Labute approximate surface area is 119 Å². The highest BCUT2D eigenvalue weighted by atomic mass is 79.9. The van der Waals surface area contributed by atoms with Crippen LogP contribution in [0.4, 0.5) is 0 Å². The highest BCUT2D eigenvalue weighted by Gasteiger charge is 2.00. The normalized spacial score (nSPS) is 11.2. The summed E-state index contributed by atoms with van der Waals surface area (Å²) in [7, 11) is 2.12. The molecule has 0 atom stereocenters. The summed E-state index contributed by atoms with van der Waals surface area (Å²) in [5.41, 5.74) is 0. The number of benzene rings is 1. The molecular weight excluding hydrogens is 292 g/mol. The average molecular weight is 315 g/mol. The van der Waals surface area contributed by atoms with Crippen molar-refractivity contribution in [3.63, 3.8) is 0 Å². The molecule has 3 nitrogen and oxygen atoms in total. The number of halogens is 1. The van der Waals surface area contributed by atoms with Crippen molar-refractivity contribution in [2.45, 2.75) is 19.9 Å². The van der Waals surface area contributed by atoms with Crippen LogP contribution in [0, 0.1) is 0 Å². The monoisotopic (exact) mass is 314 g/mol. The molecule has 0 unspecified atom stereocenters. The first-order valence-corrected chi connectivity index (χ1v) is 7.17. The highest BCUT2D eigenvalue weighted by Crippen LogP contribution is 2.17. The van der Waals surface area contributed by atoms with E-state index in [1.807, 2.05) is 24.3 Å². The van der Waals surface area contributed by atoms with Crippen molar-refractivity contribution in [1.29, 1.82) is 0 Å². The van der Waals surface area contributed by atoms with Gasteiger partial charge in [0.1, 0.15) is 12.4 Å².